The van der Waals surface area contributed by atoms with Gasteiger partial charge in [0.25, 0.3) is 5.91 Å². The third-order valence-electron chi connectivity index (χ3n) is 2.95. The van der Waals surface area contributed by atoms with Gasteiger partial charge >= 0.3 is 0 Å². The molecule has 106 valence electrons. The summed E-state index contributed by atoms with van der Waals surface area (Å²) in [6.45, 7) is 1.83. The number of carbonyl (C=O) groups is 1. The molecule has 0 aliphatic heterocycles. The Bertz CT molecular complexity index is 737. The maximum Gasteiger partial charge on any atom is 0.257 e. The number of anilines is 2. The van der Waals surface area contributed by atoms with Crippen molar-refractivity contribution in [3.8, 4) is 6.07 Å². The third-order valence-corrected chi connectivity index (χ3v) is 2.95. The first-order chi connectivity index (χ1) is 10.1. The number of nitrogen functional groups attached to an aromatic ring is 1. The van der Waals surface area contributed by atoms with Crippen molar-refractivity contribution in [3.05, 3.63) is 58.9 Å². The second-order valence-electron chi connectivity index (χ2n) is 4.42. The Kier molecular flexibility index (Phi) is 4.16. The van der Waals surface area contributed by atoms with E-state index in [0.29, 0.717) is 11.3 Å². The highest BCUT2D eigenvalue weighted by Gasteiger charge is 2.15. The maximum absolute atomic E-state index is 13.5. The molecule has 2 aromatic rings. The highest BCUT2D eigenvalue weighted by atomic mass is 19.1. The van der Waals surface area contributed by atoms with Crippen LogP contribution in [0.4, 0.5) is 15.8 Å². The Labute approximate surface area is 121 Å². The van der Waals surface area contributed by atoms with E-state index in [9.17, 15) is 9.18 Å². The highest BCUT2D eigenvalue weighted by molar-refractivity contribution is 6.08. The van der Waals surface area contributed by atoms with Crippen LogP contribution in [0.3, 0.4) is 0 Å². The van der Waals surface area contributed by atoms with E-state index in [1.165, 1.54) is 12.1 Å². The number of nitrogens with zero attached hydrogens (tertiary/aromatic N) is 1. The summed E-state index contributed by atoms with van der Waals surface area (Å²) in [5.41, 5.74) is 3.96. The van der Waals surface area contributed by atoms with Gasteiger partial charge in [-0.15, -0.1) is 0 Å². The zero-order chi connectivity index (χ0) is 15.4. The van der Waals surface area contributed by atoms with E-state index in [-0.39, 0.29) is 11.3 Å². The largest absolute Gasteiger partial charge is 0.323 e. The molecular formula is C15H13FN4O. The minimum absolute atomic E-state index is 0.118. The summed E-state index contributed by atoms with van der Waals surface area (Å²) < 4.78 is 13.5. The maximum atomic E-state index is 13.5. The number of halogens is 1. The summed E-state index contributed by atoms with van der Waals surface area (Å²) in [6, 6.07) is 10.9. The molecule has 4 N–H and O–H groups in total. The van der Waals surface area contributed by atoms with E-state index in [1.54, 1.807) is 24.3 Å². The molecule has 0 radical (unpaired) electrons. The number of nitrogens with one attached hydrogen (secondary N) is 2. The minimum atomic E-state index is -0.684. The van der Waals surface area contributed by atoms with Gasteiger partial charge in [-0.1, -0.05) is 17.7 Å². The molecule has 0 atom stereocenters. The minimum Gasteiger partial charge on any atom is -0.323 e. The Hall–Kier alpha value is -2.91. The fourth-order valence-corrected chi connectivity index (χ4v) is 1.90. The quantitative estimate of drug-likeness (QED) is 0.596. The Morgan fingerprint density at radius 2 is 2.05 bits per heavy atom. The molecule has 1 amide bonds. The van der Waals surface area contributed by atoms with Crippen molar-refractivity contribution in [2.45, 2.75) is 6.92 Å². The summed E-state index contributed by atoms with van der Waals surface area (Å²) >= 11 is 0. The van der Waals surface area contributed by atoms with Gasteiger partial charge in [0.15, 0.2) is 0 Å². The molecule has 0 aliphatic carbocycles. The first-order valence-electron chi connectivity index (χ1n) is 6.14. The zero-order valence-corrected chi connectivity index (χ0v) is 11.3. The summed E-state index contributed by atoms with van der Waals surface area (Å²) in [5.74, 6) is 4.21. The summed E-state index contributed by atoms with van der Waals surface area (Å²) in [5, 5.41) is 11.5. The predicted octanol–water partition coefficient (Wildman–Crippen LogP) is 2.54. The van der Waals surface area contributed by atoms with Crippen molar-refractivity contribution >= 4 is 17.3 Å². The van der Waals surface area contributed by atoms with Crippen molar-refractivity contribution in [1.29, 1.82) is 5.26 Å². The van der Waals surface area contributed by atoms with E-state index < -0.39 is 11.7 Å². The van der Waals surface area contributed by atoms with E-state index in [2.05, 4.69) is 10.7 Å². The van der Waals surface area contributed by atoms with Gasteiger partial charge in [-0.25, -0.2) is 4.39 Å². The monoisotopic (exact) mass is 284 g/mol. The fourth-order valence-electron chi connectivity index (χ4n) is 1.90. The van der Waals surface area contributed by atoms with Gasteiger partial charge in [0.05, 0.1) is 16.9 Å². The number of carbonyl (C=O) groups excluding carboxylic acids is 1. The van der Waals surface area contributed by atoms with Gasteiger partial charge in [-0.3, -0.25) is 10.6 Å². The number of hydrogen-bond acceptors (Lipinski definition) is 4. The van der Waals surface area contributed by atoms with E-state index in [0.717, 1.165) is 11.6 Å². The zero-order valence-electron chi connectivity index (χ0n) is 11.3. The SMILES string of the molecule is Cc1ccc(NN)c(C(=O)Nc2cccc(F)c2C#N)c1. The van der Waals surface area contributed by atoms with Crippen LogP contribution in [-0.4, -0.2) is 5.91 Å². The molecule has 0 spiro atoms. The molecule has 5 nitrogen and oxygen atoms in total. The lowest BCUT2D eigenvalue weighted by Crippen LogP contribution is -2.18. The molecule has 6 heteroatoms. The molecule has 21 heavy (non-hydrogen) atoms. The number of hydrogen-bond donors (Lipinski definition) is 3. The average molecular weight is 284 g/mol. The topological polar surface area (TPSA) is 90.9 Å². The fraction of sp³-hybridized carbons (Fsp3) is 0.0667. The summed E-state index contributed by atoms with van der Waals surface area (Å²) in [7, 11) is 0. The van der Waals surface area contributed by atoms with Crippen molar-refractivity contribution < 1.29 is 9.18 Å². The van der Waals surface area contributed by atoms with Crippen LogP contribution >= 0.6 is 0 Å². The van der Waals surface area contributed by atoms with Crippen LogP contribution in [0.5, 0.6) is 0 Å². The molecule has 2 aromatic carbocycles. The lowest BCUT2D eigenvalue weighted by Gasteiger charge is -2.11. The highest BCUT2D eigenvalue weighted by Crippen LogP contribution is 2.21. The van der Waals surface area contributed by atoms with Crippen molar-refractivity contribution in [1.82, 2.24) is 0 Å². The van der Waals surface area contributed by atoms with Crippen LogP contribution < -0.4 is 16.6 Å². The number of aryl methyl sites for hydroxylation is 1. The molecule has 0 bridgehead atoms. The van der Waals surface area contributed by atoms with Crippen molar-refractivity contribution in [3.63, 3.8) is 0 Å². The van der Waals surface area contributed by atoms with Gasteiger partial charge in [0, 0.05) is 0 Å². The number of rotatable bonds is 3. The third kappa shape index (κ3) is 2.99. The first-order valence-corrected chi connectivity index (χ1v) is 6.14. The number of benzene rings is 2. The number of nitriles is 1. The van der Waals surface area contributed by atoms with Gasteiger partial charge in [0.2, 0.25) is 0 Å². The number of amides is 1. The molecule has 0 aliphatic rings. The summed E-state index contributed by atoms with van der Waals surface area (Å²) in [6.07, 6.45) is 0. The second-order valence-corrected chi connectivity index (χ2v) is 4.42. The smallest absolute Gasteiger partial charge is 0.257 e. The second kappa shape index (κ2) is 6.03. The number of hydrazine groups is 1. The lowest BCUT2D eigenvalue weighted by molar-refractivity contribution is 0.102. The normalized spacial score (nSPS) is 9.81. The van der Waals surface area contributed by atoms with Crippen LogP contribution in [0.1, 0.15) is 21.5 Å². The Balaban J connectivity index is 2.38. The molecule has 0 unspecified atom stereocenters. The molecular weight excluding hydrogens is 271 g/mol. The predicted molar refractivity (Wildman–Crippen MR) is 78.1 cm³/mol. The molecule has 0 saturated heterocycles. The van der Waals surface area contributed by atoms with Crippen molar-refractivity contribution in [2.24, 2.45) is 5.84 Å². The van der Waals surface area contributed by atoms with E-state index >= 15 is 0 Å². The summed E-state index contributed by atoms with van der Waals surface area (Å²) in [4.78, 5) is 12.3. The van der Waals surface area contributed by atoms with Gasteiger partial charge < -0.3 is 10.7 Å². The molecule has 0 fully saturated rings. The molecule has 2 rings (SSSR count). The Morgan fingerprint density at radius 3 is 2.71 bits per heavy atom. The van der Waals surface area contributed by atoms with Crippen LogP contribution in [0, 0.1) is 24.1 Å². The standard InChI is InChI=1S/C15H13FN4O/c1-9-5-6-14(20-18)10(7-9)15(21)19-13-4-2-3-12(16)11(13)8-17/h2-7,20H,18H2,1H3,(H,19,21). The van der Waals surface area contributed by atoms with Gasteiger partial charge in [-0.05, 0) is 31.2 Å². The molecule has 0 heterocycles. The first kappa shape index (κ1) is 14.5. The number of nitrogens with two attached hydrogens (primary N) is 1. The van der Waals surface area contributed by atoms with Crippen molar-refractivity contribution in [2.75, 3.05) is 10.7 Å². The van der Waals surface area contributed by atoms with Crippen LogP contribution in [0.2, 0.25) is 0 Å². The van der Waals surface area contributed by atoms with E-state index in [1.807, 2.05) is 6.92 Å². The van der Waals surface area contributed by atoms with Gasteiger partial charge in [0.1, 0.15) is 17.4 Å². The van der Waals surface area contributed by atoms with E-state index in [4.69, 9.17) is 11.1 Å². The van der Waals surface area contributed by atoms with Gasteiger partial charge in [-0.2, -0.15) is 5.26 Å². The lowest BCUT2D eigenvalue weighted by atomic mass is 10.1. The van der Waals surface area contributed by atoms with Crippen LogP contribution in [0.15, 0.2) is 36.4 Å². The average Bonchev–Trinajstić information content (AvgIpc) is 2.47. The van der Waals surface area contributed by atoms with Crippen LogP contribution in [0.25, 0.3) is 0 Å². The molecule has 0 aromatic heterocycles. The Morgan fingerprint density at radius 1 is 1.29 bits per heavy atom. The van der Waals surface area contributed by atoms with Crippen LogP contribution in [-0.2, 0) is 0 Å². The molecule has 0 saturated carbocycles.